The lowest BCUT2D eigenvalue weighted by Crippen LogP contribution is -2.14. The van der Waals surface area contributed by atoms with Crippen LogP contribution in [0, 0.1) is 0 Å². The molecular formula is C15H16N2O4S. The third kappa shape index (κ3) is 2.90. The van der Waals surface area contributed by atoms with Crippen LogP contribution in [-0.4, -0.2) is 48.4 Å². The van der Waals surface area contributed by atoms with Crippen LogP contribution in [0.1, 0.15) is 14.7 Å². The van der Waals surface area contributed by atoms with Crippen molar-refractivity contribution in [1.82, 2.24) is 9.88 Å². The number of aromatic nitrogens is 1. The summed E-state index contributed by atoms with van der Waals surface area (Å²) < 4.78 is 10.6. The zero-order chi connectivity index (χ0) is 15.7. The number of hydrogen-bond donors (Lipinski definition) is 1. The SMILES string of the molecule is CN(C)CCc1nc(-c2ccc3c(c2)OCO3)c(C(=O)O)s1. The number of rotatable bonds is 5. The smallest absolute Gasteiger partial charge is 0.348 e. The Labute approximate surface area is 131 Å². The van der Waals surface area contributed by atoms with Crippen LogP contribution in [0.5, 0.6) is 11.5 Å². The summed E-state index contributed by atoms with van der Waals surface area (Å²) in [6.07, 6.45) is 0.725. The third-order valence-corrected chi connectivity index (χ3v) is 4.39. The maximum absolute atomic E-state index is 11.5. The summed E-state index contributed by atoms with van der Waals surface area (Å²) in [7, 11) is 3.95. The molecule has 3 rings (SSSR count). The number of aromatic carboxylic acids is 1. The van der Waals surface area contributed by atoms with Crippen molar-refractivity contribution in [2.24, 2.45) is 0 Å². The van der Waals surface area contributed by atoms with Crippen molar-refractivity contribution in [1.29, 1.82) is 0 Å². The molecule has 1 aliphatic heterocycles. The van der Waals surface area contributed by atoms with Gasteiger partial charge in [0.25, 0.3) is 0 Å². The molecule has 22 heavy (non-hydrogen) atoms. The number of hydrogen-bond acceptors (Lipinski definition) is 6. The predicted molar refractivity (Wildman–Crippen MR) is 82.9 cm³/mol. The normalized spacial score (nSPS) is 12.9. The van der Waals surface area contributed by atoms with Crippen molar-refractivity contribution in [2.45, 2.75) is 6.42 Å². The van der Waals surface area contributed by atoms with Gasteiger partial charge in [-0.25, -0.2) is 9.78 Å². The molecule has 0 spiro atoms. The number of ether oxygens (including phenoxy) is 2. The first-order valence-corrected chi connectivity index (χ1v) is 7.64. The van der Waals surface area contributed by atoms with Crippen molar-refractivity contribution >= 4 is 17.3 Å². The quantitative estimate of drug-likeness (QED) is 0.912. The number of nitrogens with zero attached hydrogens (tertiary/aromatic N) is 2. The van der Waals surface area contributed by atoms with E-state index in [-0.39, 0.29) is 11.7 Å². The van der Waals surface area contributed by atoms with Crippen molar-refractivity contribution in [3.8, 4) is 22.8 Å². The largest absolute Gasteiger partial charge is 0.477 e. The molecule has 1 aromatic carbocycles. The molecule has 1 aromatic heterocycles. The van der Waals surface area contributed by atoms with E-state index in [4.69, 9.17) is 9.47 Å². The van der Waals surface area contributed by atoms with Crippen LogP contribution < -0.4 is 9.47 Å². The number of carboxylic acid groups (broad SMARTS) is 1. The fourth-order valence-corrected chi connectivity index (χ4v) is 3.09. The number of carbonyl (C=O) groups is 1. The van der Waals surface area contributed by atoms with Gasteiger partial charge in [-0.05, 0) is 32.3 Å². The first-order valence-electron chi connectivity index (χ1n) is 6.82. The highest BCUT2D eigenvalue weighted by atomic mass is 32.1. The minimum absolute atomic E-state index is 0.190. The fraction of sp³-hybridized carbons (Fsp3) is 0.333. The third-order valence-electron chi connectivity index (χ3n) is 3.28. The van der Waals surface area contributed by atoms with E-state index in [0.29, 0.717) is 17.2 Å². The highest BCUT2D eigenvalue weighted by molar-refractivity contribution is 7.14. The van der Waals surface area contributed by atoms with E-state index in [2.05, 4.69) is 4.98 Å². The maximum Gasteiger partial charge on any atom is 0.348 e. The average Bonchev–Trinajstić information content (AvgIpc) is 3.10. The summed E-state index contributed by atoms with van der Waals surface area (Å²) in [5.74, 6) is 0.335. The molecule has 2 heterocycles. The highest BCUT2D eigenvalue weighted by Gasteiger charge is 2.21. The number of benzene rings is 1. The van der Waals surface area contributed by atoms with Gasteiger partial charge in [-0.2, -0.15) is 0 Å². The van der Waals surface area contributed by atoms with Crippen molar-refractivity contribution in [3.63, 3.8) is 0 Å². The summed E-state index contributed by atoms with van der Waals surface area (Å²) in [6, 6.07) is 5.37. The molecule has 116 valence electrons. The number of carboxylic acids is 1. The number of fused-ring (bicyclic) bond motifs is 1. The molecule has 7 heteroatoms. The molecular weight excluding hydrogens is 304 g/mol. The van der Waals surface area contributed by atoms with Gasteiger partial charge >= 0.3 is 5.97 Å². The van der Waals surface area contributed by atoms with E-state index in [1.165, 1.54) is 11.3 Å². The van der Waals surface area contributed by atoms with E-state index >= 15 is 0 Å². The second kappa shape index (κ2) is 5.94. The number of thiazole rings is 1. The molecule has 0 aliphatic carbocycles. The van der Waals surface area contributed by atoms with Gasteiger partial charge in [0.15, 0.2) is 11.5 Å². The lowest BCUT2D eigenvalue weighted by atomic mass is 10.1. The lowest BCUT2D eigenvalue weighted by Gasteiger charge is -2.06. The Bertz CT molecular complexity index is 712. The van der Waals surface area contributed by atoms with Crippen LogP contribution in [0.25, 0.3) is 11.3 Å². The summed E-state index contributed by atoms with van der Waals surface area (Å²) >= 11 is 1.23. The van der Waals surface area contributed by atoms with Crippen LogP contribution in [0.3, 0.4) is 0 Å². The van der Waals surface area contributed by atoms with Crippen LogP contribution in [0.15, 0.2) is 18.2 Å². The molecule has 0 radical (unpaired) electrons. The Morgan fingerprint density at radius 2 is 2.14 bits per heavy atom. The van der Waals surface area contributed by atoms with E-state index in [9.17, 15) is 9.90 Å². The Balaban J connectivity index is 1.96. The standard InChI is InChI=1S/C15H16N2O4S/c1-17(2)6-5-12-16-13(14(22-12)15(18)19)9-3-4-10-11(7-9)21-8-20-10/h3-4,7H,5-6,8H2,1-2H3,(H,18,19). The minimum Gasteiger partial charge on any atom is -0.477 e. The number of likely N-dealkylation sites (N-methyl/N-ethyl adjacent to an activating group) is 1. The van der Waals surface area contributed by atoms with Crippen LogP contribution in [0.4, 0.5) is 0 Å². The van der Waals surface area contributed by atoms with E-state index in [1.54, 1.807) is 12.1 Å². The molecule has 0 fully saturated rings. The molecule has 1 aliphatic rings. The highest BCUT2D eigenvalue weighted by Crippen LogP contribution is 2.37. The van der Waals surface area contributed by atoms with Gasteiger partial charge in [-0.1, -0.05) is 0 Å². The van der Waals surface area contributed by atoms with Gasteiger partial charge in [0.05, 0.1) is 10.7 Å². The molecule has 0 saturated carbocycles. The van der Waals surface area contributed by atoms with Crippen molar-refractivity contribution in [3.05, 3.63) is 28.1 Å². The van der Waals surface area contributed by atoms with Gasteiger partial charge in [0.1, 0.15) is 4.88 Å². The molecule has 0 amide bonds. The van der Waals surface area contributed by atoms with E-state index in [1.807, 2.05) is 25.1 Å². The Hall–Kier alpha value is -2.12. The second-order valence-corrected chi connectivity index (χ2v) is 6.30. The van der Waals surface area contributed by atoms with Gasteiger partial charge in [0, 0.05) is 18.5 Å². The molecule has 0 bridgehead atoms. The van der Waals surface area contributed by atoms with Crippen molar-refractivity contribution < 1.29 is 19.4 Å². The monoisotopic (exact) mass is 320 g/mol. The van der Waals surface area contributed by atoms with Crippen molar-refractivity contribution in [2.75, 3.05) is 27.4 Å². The Morgan fingerprint density at radius 3 is 2.86 bits per heavy atom. The Morgan fingerprint density at radius 1 is 1.36 bits per heavy atom. The van der Waals surface area contributed by atoms with Gasteiger partial charge < -0.3 is 19.5 Å². The summed E-state index contributed by atoms with van der Waals surface area (Å²) in [4.78, 5) is 18.3. The van der Waals surface area contributed by atoms with Crippen LogP contribution in [-0.2, 0) is 6.42 Å². The second-order valence-electron chi connectivity index (χ2n) is 5.21. The van der Waals surface area contributed by atoms with Gasteiger partial charge in [0.2, 0.25) is 6.79 Å². The summed E-state index contributed by atoms with van der Waals surface area (Å²) in [5, 5.41) is 10.2. The molecule has 0 atom stereocenters. The van der Waals surface area contributed by atoms with E-state index < -0.39 is 5.97 Å². The minimum atomic E-state index is -0.957. The molecule has 0 saturated heterocycles. The zero-order valence-electron chi connectivity index (χ0n) is 12.3. The predicted octanol–water partition coefficient (Wildman–Crippen LogP) is 2.34. The van der Waals surface area contributed by atoms with Gasteiger partial charge in [-0.3, -0.25) is 0 Å². The summed E-state index contributed by atoms with van der Waals surface area (Å²) in [5.41, 5.74) is 1.22. The fourth-order valence-electron chi connectivity index (χ4n) is 2.18. The van der Waals surface area contributed by atoms with Crippen LogP contribution >= 0.6 is 11.3 Å². The lowest BCUT2D eigenvalue weighted by molar-refractivity contribution is 0.0702. The zero-order valence-corrected chi connectivity index (χ0v) is 13.1. The molecule has 2 aromatic rings. The average molecular weight is 320 g/mol. The molecule has 0 unspecified atom stereocenters. The van der Waals surface area contributed by atoms with Crippen LogP contribution in [0.2, 0.25) is 0 Å². The van der Waals surface area contributed by atoms with E-state index in [0.717, 1.165) is 23.5 Å². The molecule has 1 N–H and O–H groups in total. The molecule has 6 nitrogen and oxygen atoms in total. The maximum atomic E-state index is 11.5. The first-order chi connectivity index (χ1) is 10.5. The van der Waals surface area contributed by atoms with Gasteiger partial charge in [-0.15, -0.1) is 11.3 Å². The topological polar surface area (TPSA) is 71.9 Å². The first kappa shape index (κ1) is 14.8. The summed E-state index contributed by atoms with van der Waals surface area (Å²) in [6.45, 7) is 1.02. The Kier molecular flexibility index (Phi) is 4.00.